The minimum atomic E-state index is -4.37. The van der Waals surface area contributed by atoms with Gasteiger partial charge in [0.2, 0.25) is 0 Å². The van der Waals surface area contributed by atoms with E-state index >= 15 is 0 Å². The average Bonchev–Trinajstić information content (AvgIpc) is 1.96. The highest BCUT2D eigenvalue weighted by Gasteiger charge is 2.30. The lowest BCUT2D eigenvalue weighted by Gasteiger charge is -2.09. The maximum absolute atomic E-state index is 13.0. The van der Waals surface area contributed by atoms with Crippen molar-refractivity contribution < 1.29 is 17.6 Å². The first-order valence-electron chi connectivity index (χ1n) is 3.82. The summed E-state index contributed by atoms with van der Waals surface area (Å²) in [6.07, 6.45) is 0. The molecule has 0 unspecified atom stereocenters. The number of halogens is 4. The molecule has 0 bridgehead atoms. The molecular weight excluding hydrogens is 216 g/mol. The standard InChI is InChI=1S/C9H8F4S/c1-5-3-7(10)6(2)8(4-5)14-9(11,12)13/h3-4H,1-2H3. The van der Waals surface area contributed by atoms with Crippen LogP contribution in [0.2, 0.25) is 0 Å². The van der Waals surface area contributed by atoms with Crippen LogP contribution >= 0.6 is 11.8 Å². The molecule has 1 rings (SSSR count). The van der Waals surface area contributed by atoms with Crippen molar-refractivity contribution in [2.75, 3.05) is 0 Å². The van der Waals surface area contributed by atoms with Gasteiger partial charge in [-0.05, 0) is 48.9 Å². The summed E-state index contributed by atoms with van der Waals surface area (Å²) in [4.78, 5) is -0.0741. The molecule has 0 aliphatic rings. The van der Waals surface area contributed by atoms with Crippen LogP contribution in [0.15, 0.2) is 17.0 Å². The van der Waals surface area contributed by atoms with Gasteiger partial charge in [-0.3, -0.25) is 0 Å². The molecule has 0 heterocycles. The van der Waals surface area contributed by atoms with Gasteiger partial charge in [0.1, 0.15) is 5.82 Å². The van der Waals surface area contributed by atoms with E-state index in [1.807, 2.05) is 0 Å². The first-order valence-corrected chi connectivity index (χ1v) is 4.64. The van der Waals surface area contributed by atoms with Crippen molar-refractivity contribution >= 4 is 11.8 Å². The Kier molecular flexibility index (Phi) is 3.09. The summed E-state index contributed by atoms with van der Waals surface area (Å²) in [5.74, 6) is -0.600. The number of hydrogen-bond donors (Lipinski definition) is 0. The Morgan fingerprint density at radius 3 is 2.21 bits per heavy atom. The van der Waals surface area contributed by atoms with Gasteiger partial charge in [-0.2, -0.15) is 13.2 Å². The molecule has 0 radical (unpaired) electrons. The molecule has 14 heavy (non-hydrogen) atoms. The molecular formula is C9H8F4S. The summed E-state index contributed by atoms with van der Waals surface area (Å²) >= 11 is -0.284. The lowest BCUT2D eigenvalue weighted by molar-refractivity contribution is -0.0328. The molecule has 0 saturated heterocycles. The summed E-state index contributed by atoms with van der Waals surface area (Å²) < 4.78 is 49.1. The number of benzene rings is 1. The monoisotopic (exact) mass is 224 g/mol. The zero-order valence-corrected chi connectivity index (χ0v) is 8.39. The van der Waals surface area contributed by atoms with E-state index in [0.29, 0.717) is 5.56 Å². The number of hydrogen-bond acceptors (Lipinski definition) is 1. The van der Waals surface area contributed by atoms with Crippen LogP contribution in [0.1, 0.15) is 11.1 Å². The van der Waals surface area contributed by atoms with Crippen molar-refractivity contribution in [3.05, 3.63) is 29.1 Å². The number of thioether (sulfide) groups is 1. The van der Waals surface area contributed by atoms with E-state index in [0.717, 1.165) is 0 Å². The molecule has 78 valence electrons. The van der Waals surface area contributed by atoms with Crippen molar-refractivity contribution in [1.82, 2.24) is 0 Å². The van der Waals surface area contributed by atoms with Crippen molar-refractivity contribution in [2.45, 2.75) is 24.3 Å². The van der Waals surface area contributed by atoms with E-state index < -0.39 is 11.3 Å². The van der Waals surface area contributed by atoms with Gasteiger partial charge in [0.25, 0.3) is 0 Å². The quantitative estimate of drug-likeness (QED) is 0.512. The van der Waals surface area contributed by atoms with Crippen molar-refractivity contribution in [1.29, 1.82) is 0 Å². The number of aryl methyl sites for hydroxylation is 1. The molecule has 0 fully saturated rings. The van der Waals surface area contributed by atoms with Crippen molar-refractivity contribution in [3.63, 3.8) is 0 Å². The van der Waals surface area contributed by atoms with Gasteiger partial charge < -0.3 is 0 Å². The van der Waals surface area contributed by atoms with Crippen LogP contribution < -0.4 is 0 Å². The third-order valence-corrected chi connectivity index (χ3v) is 2.54. The van der Waals surface area contributed by atoms with Crippen LogP contribution in [-0.2, 0) is 0 Å². The topological polar surface area (TPSA) is 0 Å². The van der Waals surface area contributed by atoms with E-state index in [4.69, 9.17) is 0 Å². The van der Waals surface area contributed by atoms with Gasteiger partial charge in [-0.25, -0.2) is 4.39 Å². The van der Waals surface area contributed by atoms with Gasteiger partial charge in [-0.1, -0.05) is 0 Å². The third-order valence-electron chi connectivity index (χ3n) is 1.67. The molecule has 0 amide bonds. The Hall–Kier alpha value is -0.710. The Morgan fingerprint density at radius 1 is 1.14 bits per heavy atom. The second kappa shape index (κ2) is 3.81. The highest BCUT2D eigenvalue weighted by Crippen LogP contribution is 2.39. The maximum atomic E-state index is 13.0. The Labute approximate surface area is 83.3 Å². The van der Waals surface area contributed by atoms with Crippen LogP contribution in [0.3, 0.4) is 0 Å². The molecule has 1 aromatic rings. The lowest BCUT2D eigenvalue weighted by atomic mass is 10.1. The van der Waals surface area contributed by atoms with Crippen molar-refractivity contribution in [2.24, 2.45) is 0 Å². The van der Waals surface area contributed by atoms with E-state index in [9.17, 15) is 17.6 Å². The average molecular weight is 224 g/mol. The van der Waals surface area contributed by atoms with Gasteiger partial charge >= 0.3 is 5.51 Å². The zero-order valence-electron chi connectivity index (χ0n) is 7.57. The van der Waals surface area contributed by atoms with Gasteiger partial charge in [0.05, 0.1) is 0 Å². The number of alkyl halides is 3. The summed E-state index contributed by atoms with van der Waals surface area (Å²) in [5.41, 5.74) is -3.84. The van der Waals surface area contributed by atoms with Crippen LogP contribution in [-0.4, -0.2) is 5.51 Å². The zero-order chi connectivity index (χ0) is 10.9. The van der Waals surface area contributed by atoms with Crippen LogP contribution in [0.5, 0.6) is 0 Å². The second-order valence-electron chi connectivity index (χ2n) is 2.92. The molecule has 1 aromatic carbocycles. The Balaban J connectivity index is 3.09. The minimum Gasteiger partial charge on any atom is -0.207 e. The molecule has 0 aromatic heterocycles. The molecule has 0 aliphatic heterocycles. The van der Waals surface area contributed by atoms with Gasteiger partial charge in [0.15, 0.2) is 0 Å². The summed E-state index contributed by atoms with van der Waals surface area (Å²) in [7, 11) is 0. The Bertz CT molecular complexity index is 343. The smallest absolute Gasteiger partial charge is 0.207 e. The minimum absolute atomic E-state index is 0.0397. The van der Waals surface area contributed by atoms with Gasteiger partial charge in [0, 0.05) is 4.90 Å². The predicted molar refractivity (Wildman–Crippen MR) is 47.8 cm³/mol. The molecule has 0 atom stereocenters. The molecule has 0 N–H and O–H groups in total. The van der Waals surface area contributed by atoms with Crippen LogP contribution in [0, 0.1) is 19.7 Å². The fourth-order valence-corrected chi connectivity index (χ4v) is 1.76. The summed E-state index contributed by atoms with van der Waals surface area (Å²) in [6, 6.07) is 2.55. The van der Waals surface area contributed by atoms with Gasteiger partial charge in [-0.15, -0.1) is 0 Å². The SMILES string of the molecule is Cc1cc(F)c(C)c(SC(F)(F)F)c1. The van der Waals surface area contributed by atoms with Crippen LogP contribution in [0.4, 0.5) is 17.6 Å². The van der Waals surface area contributed by atoms with E-state index in [1.54, 1.807) is 6.92 Å². The number of rotatable bonds is 1. The summed E-state index contributed by atoms with van der Waals surface area (Å²) in [6.45, 7) is 2.89. The largest absolute Gasteiger partial charge is 0.446 e. The fourth-order valence-electron chi connectivity index (χ4n) is 1.01. The molecule has 0 saturated carbocycles. The highest BCUT2D eigenvalue weighted by atomic mass is 32.2. The van der Waals surface area contributed by atoms with Crippen LogP contribution in [0.25, 0.3) is 0 Å². The third kappa shape index (κ3) is 2.90. The maximum Gasteiger partial charge on any atom is 0.446 e. The first kappa shape index (κ1) is 11.4. The first-order chi connectivity index (χ1) is 6.29. The molecule has 0 spiro atoms. The molecule has 0 aliphatic carbocycles. The molecule has 5 heteroatoms. The normalized spacial score (nSPS) is 11.9. The summed E-state index contributed by atoms with van der Waals surface area (Å²) in [5, 5.41) is 0. The van der Waals surface area contributed by atoms with Crippen molar-refractivity contribution in [3.8, 4) is 0 Å². The van der Waals surface area contributed by atoms with E-state index in [-0.39, 0.29) is 22.2 Å². The predicted octanol–water partition coefficient (Wildman–Crippen LogP) is 4.05. The van der Waals surface area contributed by atoms with E-state index in [1.165, 1.54) is 19.1 Å². The lowest BCUT2D eigenvalue weighted by Crippen LogP contribution is -2.01. The fraction of sp³-hybridized carbons (Fsp3) is 0.333. The Morgan fingerprint density at radius 2 is 1.71 bits per heavy atom. The van der Waals surface area contributed by atoms with E-state index in [2.05, 4.69) is 0 Å². The molecule has 0 nitrogen and oxygen atoms in total. The second-order valence-corrected chi connectivity index (χ2v) is 4.02. The highest BCUT2D eigenvalue weighted by molar-refractivity contribution is 8.00.